The first kappa shape index (κ1) is 27.5. The Labute approximate surface area is 219 Å². The number of ether oxygens (including phenoxy) is 1. The highest BCUT2D eigenvalue weighted by Gasteiger charge is 2.49. The number of aromatic nitrogens is 1. The van der Waals surface area contributed by atoms with Crippen LogP contribution in [-0.2, 0) is 25.8 Å². The fourth-order valence-corrected chi connectivity index (χ4v) is 4.33. The summed E-state index contributed by atoms with van der Waals surface area (Å²) in [6, 6.07) is 13.1. The van der Waals surface area contributed by atoms with Crippen molar-refractivity contribution in [3.05, 3.63) is 71.4 Å². The smallest absolute Gasteiger partial charge is 0.489 e. The van der Waals surface area contributed by atoms with Crippen molar-refractivity contribution in [1.29, 1.82) is 0 Å². The lowest BCUT2D eigenvalue weighted by Gasteiger charge is -2.30. The lowest BCUT2D eigenvalue weighted by molar-refractivity contribution is -0.235. The van der Waals surface area contributed by atoms with Gasteiger partial charge in [0.2, 0.25) is 5.91 Å². The molecule has 0 saturated heterocycles. The molecule has 1 aliphatic rings. The number of aryl methyl sites for hydroxylation is 1. The number of nitrogens with zero attached hydrogens (tertiary/aromatic N) is 2. The highest BCUT2D eigenvalue weighted by Crippen LogP contribution is 2.31. The van der Waals surface area contributed by atoms with E-state index in [4.69, 9.17) is 9.94 Å². The molecule has 1 aliphatic carbocycles. The third-order valence-corrected chi connectivity index (χ3v) is 6.14. The van der Waals surface area contributed by atoms with E-state index < -0.39 is 54.5 Å². The Morgan fingerprint density at radius 2 is 1.79 bits per heavy atom. The number of fused-ring (bicyclic) bond motifs is 1. The Kier molecular flexibility index (Phi) is 7.81. The Morgan fingerprint density at radius 3 is 2.46 bits per heavy atom. The number of para-hydroxylation sites is 1. The van der Waals surface area contributed by atoms with Crippen LogP contribution in [0.5, 0.6) is 5.75 Å². The summed E-state index contributed by atoms with van der Waals surface area (Å²) in [5.74, 6) is -6.71. The first-order valence-corrected chi connectivity index (χ1v) is 11.6. The van der Waals surface area contributed by atoms with Gasteiger partial charge in [0.05, 0.1) is 17.5 Å². The third kappa shape index (κ3) is 6.14. The van der Waals surface area contributed by atoms with E-state index in [-0.39, 0.29) is 17.2 Å². The maximum Gasteiger partial charge on any atom is 0.493 e. The maximum atomic E-state index is 13.2. The van der Waals surface area contributed by atoms with Gasteiger partial charge in [0.15, 0.2) is 0 Å². The SMILES string of the molecule is Cc1cc(COc2ccc(C(=O)N(OC(=O)C(F)(F)F)[C@@H]3CC(=O)C[C@@H]3C(=O)NO)cc2)c2ccccc2n1. The average Bonchev–Trinajstić information content (AvgIpc) is 3.30. The molecule has 0 unspecified atom stereocenters. The van der Waals surface area contributed by atoms with Gasteiger partial charge in [-0.1, -0.05) is 18.2 Å². The van der Waals surface area contributed by atoms with Crippen molar-refractivity contribution < 1.29 is 47.1 Å². The number of carbonyl (C=O) groups is 4. The molecule has 2 aromatic carbocycles. The van der Waals surface area contributed by atoms with Crippen LogP contribution in [0.15, 0.2) is 54.6 Å². The summed E-state index contributed by atoms with van der Waals surface area (Å²) < 4.78 is 44.6. The minimum Gasteiger partial charge on any atom is -0.489 e. The molecular weight excluding hydrogens is 523 g/mol. The number of ketones is 1. The summed E-state index contributed by atoms with van der Waals surface area (Å²) in [6.07, 6.45) is -6.49. The number of amides is 2. The molecule has 2 amide bonds. The molecule has 204 valence electrons. The molecule has 0 aliphatic heterocycles. The van der Waals surface area contributed by atoms with E-state index in [9.17, 15) is 32.3 Å². The minimum absolute atomic E-state index is 0.0718. The summed E-state index contributed by atoms with van der Waals surface area (Å²) in [5.41, 5.74) is 3.56. The zero-order chi connectivity index (χ0) is 28.3. The van der Waals surface area contributed by atoms with Crippen LogP contribution in [0.3, 0.4) is 0 Å². The van der Waals surface area contributed by atoms with Crippen molar-refractivity contribution in [2.45, 2.75) is 38.6 Å². The largest absolute Gasteiger partial charge is 0.493 e. The van der Waals surface area contributed by atoms with Crippen LogP contribution < -0.4 is 10.2 Å². The first-order chi connectivity index (χ1) is 18.5. The van der Waals surface area contributed by atoms with Crippen molar-refractivity contribution in [3.8, 4) is 5.75 Å². The second-order valence-electron chi connectivity index (χ2n) is 8.86. The van der Waals surface area contributed by atoms with Gasteiger partial charge >= 0.3 is 12.1 Å². The Morgan fingerprint density at radius 1 is 1.10 bits per heavy atom. The second kappa shape index (κ2) is 11.1. The number of pyridine rings is 1. The number of hydrogen-bond donors (Lipinski definition) is 2. The number of halogens is 3. The van der Waals surface area contributed by atoms with Crippen LogP contribution in [-0.4, -0.2) is 51.0 Å². The summed E-state index contributed by atoms with van der Waals surface area (Å²) >= 11 is 0. The average molecular weight is 545 g/mol. The number of carbonyl (C=O) groups excluding carboxylic acids is 4. The van der Waals surface area contributed by atoms with Crippen molar-refractivity contribution in [3.63, 3.8) is 0 Å². The zero-order valence-corrected chi connectivity index (χ0v) is 20.4. The van der Waals surface area contributed by atoms with Gasteiger partial charge in [0.1, 0.15) is 18.1 Å². The molecule has 1 heterocycles. The second-order valence-corrected chi connectivity index (χ2v) is 8.86. The topological polar surface area (TPSA) is 135 Å². The molecule has 0 bridgehead atoms. The fraction of sp³-hybridized carbons (Fsp3) is 0.269. The molecule has 2 atom stereocenters. The normalized spacial score (nSPS) is 17.1. The monoisotopic (exact) mass is 545 g/mol. The lowest BCUT2D eigenvalue weighted by atomic mass is 10.0. The van der Waals surface area contributed by atoms with E-state index in [0.717, 1.165) is 22.2 Å². The standard InChI is InChI=1S/C26H22F3N3O7/c1-14-10-16(19-4-2-3-5-21(19)30-14)13-38-18-8-6-15(7-9-18)24(35)32(39-25(36)26(27,28)29)22-12-17(33)11-20(22)23(34)31-37/h2-10,20,22,37H,11-13H2,1H3,(H,31,34)/t20-,22+/m0/s1. The van der Waals surface area contributed by atoms with Gasteiger partial charge in [-0.05, 0) is 43.3 Å². The van der Waals surface area contributed by atoms with Crippen LogP contribution in [0, 0.1) is 12.8 Å². The highest BCUT2D eigenvalue weighted by atomic mass is 19.4. The molecule has 1 fully saturated rings. The van der Waals surface area contributed by atoms with Crippen molar-refractivity contribution in [2.24, 2.45) is 5.92 Å². The molecule has 0 spiro atoms. The summed E-state index contributed by atoms with van der Waals surface area (Å²) in [6.45, 7) is 2.01. The molecule has 4 rings (SSSR count). The van der Waals surface area contributed by atoms with Crippen LogP contribution in [0.2, 0.25) is 0 Å². The molecule has 13 heteroatoms. The maximum absolute atomic E-state index is 13.2. The van der Waals surface area contributed by atoms with Gasteiger partial charge in [0.25, 0.3) is 5.91 Å². The summed E-state index contributed by atoms with van der Waals surface area (Å²) in [7, 11) is 0. The van der Waals surface area contributed by atoms with Crippen molar-refractivity contribution >= 4 is 34.5 Å². The number of rotatable bonds is 6. The predicted molar refractivity (Wildman–Crippen MR) is 127 cm³/mol. The molecule has 10 nitrogen and oxygen atoms in total. The summed E-state index contributed by atoms with van der Waals surface area (Å²) in [4.78, 5) is 57.6. The molecule has 0 radical (unpaired) electrons. The van der Waals surface area contributed by atoms with Gasteiger partial charge in [-0.25, -0.2) is 10.3 Å². The van der Waals surface area contributed by atoms with Crippen LogP contribution >= 0.6 is 0 Å². The van der Waals surface area contributed by atoms with E-state index in [1.807, 2.05) is 37.3 Å². The van der Waals surface area contributed by atoms with E-state index in [2.05, 4.69) is 9.82 Å². The van der Waals surface area contributed by atoms with E-state index in [1.54, 1.807) is 0 Å². The molecular formula is C26H22F3N3O7. The number of Topliss-reactive ketones (excluding diaryl/α,β-unsaturated/α-hetero) is 1. The molecule has 1 saturated carbocycles. The Bertz CT molecular complexity index is 1430. The summed E-state index contributed by atoms with van der Waals surface area (Å²) in [5, 5.41) is 9.93. The van der Waals surface area contributed by atoms with Gasteiger partial charge in [-0.15, -0.1) is 0 Å². The molecule has 39 heavy (non-hydrogen) atoms. The predicted octanol–water partition coefficient (Wildman–Crippen LogP) is 3.44. The van der Waals surface area contributed by atoms with Crippen LogP contribution in [0.4, 0.5) is 13.2 Å². The highest BCUT2D eigenvalue weighted by molar-refractivity contribution is 5.97. The van der Waals surface area contributed by atoms with E-state index >= 15 is 0 Å². The quantitative estimate of drug-likeness (QED) is 0.355. The van der Waals surface area contributed by atoms with Gasteiger partial charge < -0.3 is 9.57 Å². The van der Waals surface area contributed by atoms with Crippen LogP contribution in [0.25, 0.3) is 10.9 Å². The first-order valence-electron chi connectivity index (χ1n) is 11.6. The Hall–Kier alpha value is -4.52. The fourth-order valence-electron chi connectivity index (χ4n) is 4.33. The Balaban J connectivity index is 1.55. The van der Waals surface area contributed by atoms with E-state index in [1.165, 1.54) is 29.7 Å². The third-order valence-electron chi connectivity index (χ3n) is 6.14. The number of hydroxylamine groups is 3. The number of nitrogens with one attached hydrogen (secondary N) is 1. The van der Waals surface area contributed by atoms with E-state index in [0.29, 0.717) is 5.75 Å². The van der Waals surface area contributed by atoms with Gasteiger partial charge in [-0.3, -0.25) is 24.6 Å². The molecule has 2 N–H and O–H groups in total. The number of benzene rings is 2. The van der Waals surface area contributed by atoms with Crippen molar-refractivity contribution in [2.75, 3.05) is 0 Å². The molecule has 1 aromatic heterocycles. The number of alkyl halides is 3. The number of hydrogen-bond acceptors (Lipinski definition) is 8. The van der Waals surface area contributed by atoms with Crippen LogP contribution in [0.1, 0.15) is 34.5 Å². The van der Waals surface area contributed by atoms with Crippen molar-refractivity contribution in [1.82, 2.24) is 15.5 Å². The van der Waals surface area contributed by atoms with Gasteiger partial charge in [0, 0.05) is 35.0 Å². The lowest BCUT2D eigenvalue weighted by Crippen LogP contribution is -2.49. The zero-order valence-electron chi connectivity index (χ0n) is 20.4. The minimum atomic E-state index is -5.46. The van der Waals surface area contributed by atoms with Gasteiger partial charge in [-0.2, -0.15) is 18.2 Å². The molecule has 3 aromatic rings.